The zero-order valence-corrected chi connectivity index (χ0v) is 30.3. The Morgan fingerprint density at radius 2 is 1.75 bits per heavy atom. The topological polar surface area (TPSA) is 152 Å². The molecule has 51 heavy (non-hydrogen) atoms. The molecule has 2 aromatic heterocycles. The van der Waals surface area contributed by atoms with Gasteiger partial charge in [0.1, 0.15) is 5.60 Å². The summed E-state index contributed by atoms with van der Waals surface area (Å²) in [5, 5.41) is 19.9. The van der Waals surface area contributed by atoms with Gasteiger partial charge in [0.2, 0.25) is 0 Å². The highest BCUT2D eigenvalue weighted by atomic mass is 16.6. The van der Waals surface area contributed by atoms with Crippen molar-refractivity contribution in [3.63, 3.8) is 0 Å². The Labute approximate surface area is 298 Å². The SMILES string of the molecule is Cc1c(-c2ccc(-c3ccc4cccc(C(=O)O)c4c3)nc2C(=O)OC(C)(C)C)cnn1CC12CC3(C)CC(C)(C1)CC(OCCN=[N+]=[N-])(C3)C2. The largest absolute Gasteiger partial charge is 0.478 e. The molecule has 4 aromatic rings. The average Bonchev–Trinajstić information content (AvgIpc) is 3.38. The van der Waals surface area contributed by atoms with Crippen LogP contribution in [-0.2, 0) is 16.0 Å². The van der Waals surface area contributed by atoms with Gasteiger partial charge >= 0.3 is 11.9 Å². The van der Waals surface area contributed by atoms with Gasteiger partial charge in [-0.2, -0.15) is 5.10 Å². The van der Waals surface area contributed by atoms with Crippen molar-refractivity contribution >= 4 is 22.7 Å². The second kappa shape index (κ2) is 12.2. The van der Waals surface area contributed by atoms with Crippen LogP contribution in [0.2, 0.25) is 0 Å². The van der Waals surface area contributed by atoms with Crippen molar-refractivity contribution in [3.8, 4) is 22.4 Å². The Bertz CT molecular complexity index is 2090. The number of benzene rings is 2. The van der Waals surface area contributed by atoms with Crippen LogP contribution in [0.5, 0.6) is 0 Å². The van der Waals surface area contributed by atoms with Crippen LogP contribution in [0.15, 0.2) is 59.8 Å². The maximum Gasteiger partial charge on any atom is 0.358 e. The summed E-state index contributed by atoms with van der Waals surface area (Å²) >= 11 is 0. The minimum Gasteiger partial charge on any atom is -0.478 e. The number of rotatable bonds is 10. The predicted molar refractivity (Wildman–Crippen MR) is 194 cm³/mol. The molecular weight excluding hydrogens is 644 g/mol. The summed E-state index contributed by atoms with van der Waals surface area (Å²) in [6.45, 7) is 13.8. The number of aromatic carboxylic acids is 1. The molecule has 0 amide bonds. The van der Waals surface area contributed by atoms with Gasteiger partial charge in [0.25, 0.3) is 0 Å². The van der Waals surface area contributed by atoms with Crippen molar-refractivity contribution in [3.05, 3.63) is 82.1 Å². The summed E-state index contributed by atoms with van der Waals surface area (Å²) in [6.07, 6.45) is 8.17. The maximum atomic E-state index is 13.8. The molecule has 266 valence electrons. The first-order chi connectivity index (χ1) is 24.0. The number of azide groups is 1. The van der Waals surface area contributed by atoms with E-state index in [0.717, 1.165) is 55.3 Å². The minimum atomic E-state index is -1.01. The lowest BCUT2D eigenvalue weighted by molar-refractivity contribution is -0.247. The molecule has 4 fully saturated rings. The first-order valence-corrected chi connectivity index (χ1v) is 17.7. The summed E-state index contributed by atoms with van der Waals surface area (Å²) in [4.78, 5) is 33.6. The van der Waals surface area contributed by atoms with Gasteiger partial charge in [-0.15, -0.1) is 0 Å². The van der Waals surface area contributed by atoms with Gasteiger partial charge in [0, 0.05) is 40.4 Å². The van der Waals surface area contributed by atoms with Crippen molar-refractivity contribution in [1.82, 2.24) is 14.8 Å². The summed E-state index contributed by atoms with van der Waals surface area (Å²) in [6, 6.07) is 14.5. The van der Waals surface area contributed by atoms with Gasteiger partial charge in [0.05, 0.1) is 29.7 Å². The Kier molecular flexibility index (Phi) is 8.30. The number of ether oxygens (including phenoxy) is 2. The van der Waals surface area contributed by atoms with E-state index < -0.39 is 17.5 Å². The first kappa shape index (κ1) is 34.7. The van der Waals surface area contributed by atoms with Crippen LogP contribution in [0, 0.1) is 23.2 Å². The number of nitrogens with zero attached hydrogens (tertiary/aromatic N) is 6. The van der Waals surface area contributed by atoms with E-state index in [-0.39, 0.29) is 33.1 Å². The van der Waals surface area contributed by atoms with Gasteiger partial charge in [-0.1, -0.05) is 43.2 Å². The number of aromatic nitrogens is 3. The van der Waals surface area contributed by atoms with Gasteiger partial charge in [0.15, 0.2) is 5.69 Å². The fourth-order valence-corrected chi connectivity index (χ4v) is 10.6. The number of carboxylic acids is 1. The Morgan fingerprint density at radius 1 is 1.00 bits per heavy atom. The molecule has 4 aliphatic carbocycles. The van der Waals surface area contributed by atoms with E-state index in [2.05, 4.69) is 28.6 Å². The highest BCUT2D eigenvalue weighted by Crippen LogP contribution is 2.72. The quantitative estimate of drug-likeness (QED) is 0.0572. The second-order valence-corrected chi connectivity index (χ2v) is 17.1. The molecule has 4 aliphatic rings. The van der Waals surface area contributed by atoms with Crippen LogP contribution < -0.4 is 0 Å². The van der Waals surface area contributed by atoms with E-state index in [1.165, 1.54) is 6.42 Å². The number of carboxylic acid groups (broad SMARTS) is 1. The minimum absolute atomic E-state index is 0.00815. The van der Waals surface area contributed by atoms with Gasteiger partial charge in [-0.05, 0) is 123 Å². The van der Waals surface area contributed by atoms with E-state index in [4.69, 9.17) is 25.1 Å². The van der Waals surface area contributed by atoms with Crippen LogP contribution in [0.1, 0.15) is 99.7 Å². The van der Waals surface area contributed by atoms with Crippen molar-refractivity contribution < 1.29 is 24.2 Å². The number of hydrogen-bond acceptors (Lipinski definition) is 7. The lowest BCUT2D eigenvalue weighted by atomic mass is 9.39. The van der Waals surface area contributed by atoms with Crippen molar-refractivity contribution in [2.24, 2.45) is 21.4 Å². The molecule has 1 N–H and O–H groups in total. The molecule has 8 rings (SSSR count). The molecule has 0 saturated heterocycles. The zero-order valence-electron chi connectivity index (χ0n) is 30.3. The van der Waals surface area contributed by atoms with Crippen LogP contribution in [0.3, 0.4) is 0 Å². The molecule has 2 heterocycles. The standard InChI is InChI=1S/C40H46N6O5/c1-25-31(17-43-46(25)24-39-19-37(5)18-38(6,20-39)22-40(21-37,23-39)50-15-14-42-45-41)28-12-13-32(44-33(28)35(49)51-36(2,3)4)27-11-10-26-8-7-9-29(34(47)48)30(26)16-27/h7-13,16-17H,14-15,18-24H2,1-6H3,(H,47,48). The monoisotopic (exact) mass is 690 g/mol. The van der Waals surface area contributed by atoms with Gasteiger partial charge in [-0.25, -0.2) is 14.6 Å². The fourth-order valence-electron chi connectivity index (χ4n) is 10.6. The molecule has 2 unspecified atom stereocenters. The van der Waals surface area contributed by atoms with Gasteiger partial charge in [-0.3, -0.25) is 4.68 Å². The lowest BCUT2D eigenvalue weighted by Crippen LogP contribution is -2.64. The molecule has 11 nitrogen and oxygen atoms in total. The summed E-state index contributed by atoms with van der Waals surface area (Å²) in [5.41, 5.74) is 12.1. The molecule has 4 saturated carbocycles. The van der Waals surface area contributed by atoms with E-state index in [1.54, 1.807) is 12.1 Å². The molecule has 0 radical (unpaired) electrons. The lowest BCUT2D eigenvalue weighted by Gasteiger charge is -2.69. The number of fused-ring (bicyclic) bond motifs is 1. The Balaban J connectivity index is 1.25. The number of esters is 1. The van der Waals surface area contributed by atoms with E-state index in [0.29, 0.717) is 35.4 Å². The van der Waals surface area contributed by atoms with Gasteiger partial charge < -0.3 is 14.6 Å². The number of carbonyl (C=O) groups is 2. The molecule has 2 atom stereocenters. The number of pyridine rings is 1. The summed E-state index contributed by atoms with van der Waals surface area (Å²) in [7, 11) is 0. The first-order valence-electron chi connectivity index (χ1n) is 17.7. The summed E-state index contributed by atoms with van der Waals surface area (Å²) in [5.74, 6) is -1.55. The molecule has 11 heteroatoms. The van der Waals surface area contributed by atoms with Crippen molar-refractivity contribution in [1.29, 1.82) is 0 Å². The van der Waals surface area contributed by atoms with E-state index in [9.17, 15) is 14.7 Å². The third kappa shape index (κ3) is 6.61. The average molecular weight is 691 g/mol. The maximum absolute atomic E-state index is 13.8. The normalized spacial score (nSPS) is 26.6. The smallest absolute Gasteiger partial charge is 0.358 e. The van der Waals surface area contributed by atoms with Crippen LogP contribution in [0.25, 0.3) is 43.6 Å². The number of carbonyl (C=O) groups excluding carboxylic acids is 1. The third-order valence-electron chi connectivity index (χ3n) is 11.1. The van der Waals surface area contributed by atoms with Crippen LogP contribution >= 0.6 is 0 Å². The fraction of sp³-hybridized carbons (Fsp3) is 0.500. The van der Waals surface area contributed by atoms with Crippen LogP contribution in [-0.4, -0.2) is 56.2 Å². The summed E-state index contributed by atoms with van der Waals surface area (Å²) < 4.78 is 14.6. The van der Waals surface area contributed by atoms with Crippen LogP contribution in [0.4, 0.5) is 0 Å². The zero-order chi connectivity index (χ0) is 36.4. The molecule has 2 aromatic carbocycles. The molecule has 0 spiro atoms. The van der Waals surface area contributed by atoms with E-state index in [1.807, 2.05) is 70.3 Å². The van der Waals surface area contributed by atoms with Crippen molar-refractivity contribution in [2.45, 2.75) is 97.8 Å². The molecule has 0 aliphatic heterocycles. The highest BCUT2D eigenvalue weighted by Gasteiger charge is 2.66. The van der Waals surface area contributed by atoms with Crippen molar-refractivity contribution in [2.75, 3.05) is 13.2 Å². The number of hydrogen-bond donors (Lipinski definition) is 1. The Hall–Kier alpha value is -4.73. The predicted octanol–water partition coefficient (Wildman–Crippen LogP) is 9.17. The third-order valence-corrected chi connectivity index (χ3v) is 11.1. The Morgan fingerprint density at radius 3 is 2.43 bits per heavy atom. The molecule has 4 bridgehead atoms. The van der Waals surface area contributed by atoms with E-state index >= 15 is 0 Å². The molecular formula is C40H46N6O5. The second-order valence-electron chi connectivity index (χ2n) is 17.1. The highest BCUT2D eigenvalue weighted by molar-refractivity contribution is 6.05.